The summed E-state index contributed by atoms with van der Waals surface area (Å²) in [6.45, 7) is 2.11. The van der Waals surface area contributed by atoms with E-state index in [2.05, 4.69) is 11.7 Å². The normalized spacial score (nSPS) is 15.4. The highest BCUT2D eigenvalue weighted by atomic mass is 16.5. The van der Waals surface area contributed by atoms with Crippen molar-refractivity contribution >= 4 is 5.97 Å². The SMILES string of the molecule is CCCCC[C@@H](O)/C=C/[C@@H](O)[C@H](O)CCCCCCCC(=O)OC. The molecular formula is C19H36O5. The first-order valence-electron chi connectivity index (χ1n) is 9.30. The van der Waals surface area contributed by atoms with Crippen LogP contribution in [0.3, 0.4) is 0 Å². The Kier molecular flexibility index (Phi) is 15.0. The number of carbonyl (C=O) groups is 1. The Balaban J connectivity index is 3.67. The van der Waals surface area contributed by atoms with Crippen molar-refractivity contribution in [3.05, 3.63) is 12.2 Å². The lowest BCUT2D eigenvalue weighted by Gasteiger charge is -2.15. The van der Waals surface area contributed by atoms with E-state index < -0.39 is 18.3 Å². The first kappa shape index (κ1) is 23.1. The van der Waals surface area contributed by atoms with Gasteiger partial charge in [-0.05, 0) is 19.3 Å². The van der Waals surface area contributed by atoms with Crippen LogP contribution in [0.2, 0.25) is 0 Å². The summed E-state index contributed by atoms with van der Waals surface area (Å²) in [7, 11) is 1.40. The molecule has 24 heavy (non-hydrogen) atoms. The molecule has 0 aromatic rings. The van der Waals surface area contributed by atoms with Crippen molar-refractivity contribution < 1.29 is 24.9 Å². The van der Waals surface area contributed by atoms with Crippen LogP contribution in [0.1, 0.15) is 77.6 Å². The standard InChI is InChI=1S/C19H36O5/c1-3-4-8-11-16(20)14-15-18(22)17(21)12-9-6-5-7-10-13-19(23)24-2/h14-18,20-22H,3-13H2,1-2H3/b15-14+/t16-,17-,18-/m1/s1. The number of ether oxygens (including phenoxy) is 1. The lowest BCUT2D eigenvalue weighted by molar-refractivity contribution is -0.140. The molecule has 5 nitrogen and oxygen atoms in total. The molecule has 0 rings (SSSR count). The maximum absolute atomic E-state index is 10.9. The van der Waals surface area contributed by atoms with E-state index in [9.17, 15) is 20.1 Å². The number of esters is 1. The Morgan fingerprint density at radius 2 is 1.54 bits per heavy atom. The third-order valence-electron chi connectivity index (χ3n) is 4.14. The van der Waals surface area contributed by atoms with E-state index in [1.54, 1.807) is 6.08 Å². The van der Waals surface area contributed by atoms with E-state index in [1.807, 2.05) is 0 Å². The predicted octanol–water partition coefficient (Wildman–Crippen LogP) is 3.11. The van der Waals surface area contributed by atoms with Crippen LogP contribution >= 0.6 is 0 Å². The van der Waals surface area contributed by atoms with Gasteiger partial charge in [0.2, 0.25) is 0 Å². The van der Waals surface area contributed by atoms with Gasteiger partial charge >= 0.3 is 5.97 Å². The van der Waals surface area contributed by atoms with Crippen molar-refractivity contribution in [1.82, 2.24) is 0 Å². The molecule has 0 aromatic carbocycles. The average Bonchev–Trinajstić information content (AvgIpc) is 2.58. The minimum Gasteiger partial charge on any atom is -0.469 e. The maximum Gasteiger partial charge on any atom is 0.305 e. The second kappa shape index (κ2) is 15.6. The van der Waals surface area contributed by atoms with Gasteiger partial charge in [0.05, 0.1) is 25.4 Å². The Morgan fingerprint density at radius 1 is 0.917 bits per heavy atom. The zero-order valence-corrected chi connectivity index (χ0v) is 15.3. The minimum absolute atomic E-state index is 0.169. The van der Waals surface area contributed by atoms with Gasteiger partial charge in [0, 0.05) is 6.42 Å². The first-order valence-corrected chi connectivity index (χ1v) is 9.30. The molecule has 0 aromatic heterocycles. The van der Waals surface area contributed by atoms with Gasteiger partial charge in [0.25, 0.3) is 0 Å². The molecule has 0 bridgehead atoms. The zero-order valence-electron chi connectivity index (χ0n) is 15.3. The van der Waals surface area contributed by atoms with E-state index in [0.29, 0.717) is 19.3 Å². The van der Waals surface area contributed by atoms with Crippen LogP contribution in [0.15, 0.2) is 12.2 Å². The smallest absolute Gasteiger partial charge is 0.305 e. The highest BCUT2D eigenvalue weighted by molar-refractivity contribution is 5.68. The predicted molar refractivity (Wildman–Crippen MR) is 95.6 cm³/mol. The number of rotatable bonds is 15. The van der Waals surface area contributed by atoms with E-state index >= 15 is 0 Å². The summed E-state index contributed by atoms with van der Waals surface area (Å²) >= 11 is 0. The number of unbranched alkanes of at least 4 members (excludes halogenated alkanes) is 6. The van der Waals surface area contributed by atoms with Crippen molar-refractivity contribution in [2.75, 3.05) is 7.11 Å². The topological polar surface area (TPSA) is 87.0 Å². The molecule has 0 aliphatic heterocycles. The molecule has 0 aliphatic rings. The molecule has 0 radical (unpaired) electrons. The highest BCUT2D eigenvalue weighted by Crippen LogP contribution is 2.12. The zero-order chi connectivity index (χ0) is 18.2. The van der Waals surface area contributed by atoms with Gasteiger partial charge in [-0.2, -0.15) is 0 Å². The van der Waals surface area contributed by atoms with Crippen LogP contribution in [0.25, 0.3) is 0 Å². The number of aliphatic hydroxyl groups excluding tert-OH is 3. The molecule has 0 heterocycles. The number of hydrogen-bond donors (Lipinski definition) is 3. The van der Waals surface area contributed by atoms with Gasteiger partial charge < -0.3 is 20.1 Å². The molecular weight excluding hydrogens is 308 g/mol. The Morgan fingerprint density at radius 3 is 2.21 bits per heavy atom. The Labute approximate surface area is 146 Å². The molecule has 3 atom stereocenters. The lowest BCUT2D eigenvalue weighted by atomic mass is 10.0. The number of methoxy groups -OCH3 is 1. The van der Waals surface area contributed by atoms with Crippen LogP contribution in [-0.4, -0.2) is 46.7 Å². The van der Waals surface area contributed by atoms with Gasteiger partial charge in [0.15, 0.2) is 0 Å². The van der Waals surface area contributed by atoms with Gasteiger partial charge in [0.1, 0.15) is 0 Å². The summed E-state index contributed by atoms with van der Waals surface area (Å²) in [4.78, 5) is 10.9. The van der Waals surface area contributed by atoms with Crippen molar-refractivity contribution in [3.8, 4) is 0 Å². The fourth-order valence-electron chi connectivity index (χ4n) is 2.50. The van der Waals surface area contributed by atoms with Gasteiger partial charge in [-0.3, -0.25) is 4.79 Å². The van der Waals surface area contributed by atoms with Crippen LogP contribution in [0.5, 0.6) is 0 Å². The molecule has 0 aliphatic carbocycles. The molecule has 0 amide bonds. The summed E-state index contributed by atoms with van der Waals surface area (Å²) in [5.74, 6) is -0.169. The summed E-state index contributed by atoms with van der Waals surface area (Å²) < 4.78 is 4.58. The van der Waals surface area contributed by atoms with Crippen LogP contribution < -0.4 is 0 Å². The van der Waals surface area contributed by atoms with E-state index in [4.69, 9.17) is 0 Å². The van der Waals surface area contributed by atoms with Crippen molar-refractivity contribution in [3.63, 3.8) is 0 Å². The summed E-state index contributed by atoms with van der Waals surface area (Å²) in [5.41, 5.74) is 0. The maximum atomic E-state index is 10.9. The van der Waals surface area contributed by atoms with Crippen LogP contribution in [0, 0.1) is 0 Å². The molecule has 0 spiro atoms. The van der Waals surface area contributed by atoms with Crippen LogP contribution in [0.4, 0.5) is 0 Å². The molecule has 142 valence electrons. The molecule has 0 fully saturated rings. The molecule has 0 saturated heterocycles. The second-order valence-corrected chi connectivity index (χ2v) is 6.39. The van der Waals surface area contributed by atoms with Crippen molar-refractivity contribution in [2.24, 2.45) is 0 Å². The van der Waals surface area contributed by atoms with Gasteiger partial charge in [-0.25, -0.2) is 0 Å². The Bertz CT molecular complexity index is 330. The second-order valence-electron chi connectivity index (χ2n) is 6.39. The summed E-state index contributed by atoms with van der Waals surface area (Å²) in [6, 6.07) is 0. The minimum atomic E-state index is -0.926. The highest BCUT2D eigenvalue weighted by Gasteiger charge is 2.13. The van der Waals surface area contributed by atoms with E-state index in [1.165, 1.54) is 13.2 Å². The summed E-state index contributed by atoms with van der Waals surface area (Å²) in [5, 5.41) is 29.5. The molecule has 5 heteroatoms. The monoisotopic (exact) mass is 344 g/mol. The fourth-order valence-corrected chi connectivity index (χ4v) is 2.50. The average molecular weight is 344 g/mol. The quantitative estimate of drug-likeness (QED) is 0.241. The van der Waals surface area contributed by atoms with Gasteiger partial charge in [-0.15, -0.1) is 0 Å². The van der Waals surface area contributed by atoms with Crippen molar-refractivity contribution in [1.29, 1.82) is 0 Å². The van der Waals surface area contributed by atoms with E-state index in [-0.39, 0.29) is 5.97 Å². The molecule has 0 saturated carbocycles. The fraction of sp³-hybridized carbons (Fsp3) is 0.842. The summed E-state index contributed by atoms with van der Waals surface area (Å²) in [6.07, 6.45) is 10.3. The van der Waals surface area contributed by atoms with E-state index in [0.717, 1.165) is 51.4 Å². The third-order valence-corrected chi connectivity index (χ3v) is 4.14. The third kappa shape index (κ3) is 13.5. The number of carbonyl (C=O) groups excluding carboxylic acids is 1. The Hall–Kier alpha value is -0.910. The van der Waals surface area contributed by atoms with Gasteiger partial charge in [-0.1, -0.05) is 64.0 Å². The number of aliphatic hydroxyl groups is 3. The van der Waals surface area contributed by atoms with Crippen LogP contribution in [-0.2, 0) is 9.53 Å². The molecule has 0 unspecified atom stereocenters. The van der Waals surface area contributed by atoms with Crippen molar-refractivity contribution in [2.45, 2.75) is 95.9 Å². The number of hydrogen-bond acceptors (Lipinski definition) is 5. The largest absolute Gasteiger partial charge is 0.469 e. The lowest BCUT2D eigenvalue weighted by Crippen LogP contribution is -2.24. The molecule has 3 N–H and O–H groups in total. The first-order chi connectivity index (χ1) is 11.5.